The molecule has 3 atom stereocenters. The van der Waals surface area contributed by atoms with Crippen molar-refractivity contribution in [2.75, 3.05) is 17.1 Å². The van der Waals surface area contributed by atoms with Crippen LogP contribution in [0.2, 0.25) is 0 Å². The Hall–Kier alpha value is -4.95. The molecular formula is C31H24N2O6. The monoisotopic (exact) mass is 520 g/mol. The summed E-state index contributed by atoms with van der Waals surface area (Å²) >= 11 is 0. The number of rotatable bonds is 6. The molecule has 2 fully saturated rings. The zero-order valence-corrected chi connectivity index (χ0v) is 21.0. The summed E-state index contributed by atoms with van der Waals surface area (Å²) in [6.45, 7) is 0. The summed E-state index contributed by atoms with van der Waals surface area (Å²) in [4.78, 5) is 47.1. The van der Waals surface area contributed by atoms with E-state index in [4.69, 9.17) is 14.3 Å². The molecule has 2 aliphatic rings. The number of hydroxylamine groups is 1. The van der Waals surface area contributed by atoms with Crippen LogP contribution in [0.3, 0.4) is 0 Å². The van der Waals surface area contributed by atoms with Gasteiger partial charge < -0.3 is 9.47 Å². The van der Waals surface area contributed by atoms with Gasteiger partial charge in [-0.05, 0) is 66.2 Å². The van der Waals surface area contributed by atoms with Gasteiger partial charge in [-0.25, -0.2) is 14.8 Å². The maximum absolute atomic E-state index is 13.8. The third-order valence-electron chi connectivity index (χ3n) is 6.90. The molecule has 0 saturated carbocycles. The zero-order chi connectivity index (χ0) is 26.9. The Kier molecular flexibility index (Phi) is 6.30. The fraction of sp³-hybridized carbons (Fsp3) is 0.129. The average molecular weight is 521 g/mol. The third-order valence-corrected chi connectivity index (χ3v) is 6.90. The van der Waals surface area contributed by atoms with E-state index in [1.165, 1.54) is 4.90 Å². The van der Waals surface area contributed by atoms with Crippen molar-refractivity contribution in [3.8, 4) is 11.5 Å². The highest BCUT2D eigenvalue weighted by atomic mass is 16.7. The summed E-state index contributed by atoms with van der Waals surface area (Å²) < 4.78 is 10.7. The quantitative estimate of drug-likeness (QED) is 0.202. The van der Waals surface area contributed by atoms with Crippen LogP contribution in [0.5, 0.6) is 11.5 Å². The standard InChI is InChI=1S/C31H24N2O6/c1-37-24-18-14-22(15-19-24)32-29(34)26-27(33(39-28(26)30(32)35)23-10-6-3-7-11-23)20-12-16-25(17-13-20)38-31(36)21-8-4-2-5-9-21/h2-19,26-28H,1H3. The van der Waals surface area contributed by atoms with Crippen LogP contribution in [0.15, 0.2) is 109 Å². The summed E-state index contributed by atoms with van der Waals surface area (Å²) in [6.07, 6.45) is -0.986. The molecule has 0 N–H and O–H groups in total. The van der Waals surface area contributed by atoms with Gasteiger partial charge >= 0.3 is 5.97 Å². The van der Waals surface area contributed by atoms with E-state index in [1.807, 2.05) is 36.4 Å². The number of hydrogen-bond donors (Lipinski definition) is 0. The van der Waals surface area contributed by atoms with E-state index < -0.39 is 29.9 Å². The van der Waals surface area contributed by atoms with Crippen molar-refractivity contribution < 1.29 is 28.7 Å². The highest BCUT2D eigenvalue weighted by molar-refractivity contribution is 6.24. The summed E-state index contributed by atoms with van der Waals surface area (Å²) in [5.41, 5.74) is 2.35. The molecule has 0 spiro atoms. The van der Waals surface area contributed by atoms with Gasteiger partial charge in [0, 0.05) is 0 Å². The predicted octanol–water partition coefficient (Wildman–Crippen LogP) is 4.97. The van der Waals surface area contributed by atoms with Crippen LogP contribution in [0, 0.1) is 5.92 Å². The SMILES string of the molecule is COc1ccc(N2C(=O)C3ON(c4ccccc4)C(c4ccc(OC(=O)c5ccccc5)cc4)C3C2=O)cc1. The first-order chi connectivity index (χ1) is 19.0. The van der Waals surface area contributed by atoms with E-state index in [0.29, 0.717) is 28.4 Å². The Morgan fingerprint density at radius 3 is 1.97 bits per heavy atom. The van der Waals surface area contributed by atoms with Crippen molar-refractivity contribution in [1.82, 2.24) is 0 Å². The fourth-order valence-electron chi connectivity index (χ4n) is 5.01. The molecule has 39 heavy (non-hydrogen) atoms. The van der Waals surface area contributed by atoms with Crippen LogP contribution in [-0.2, 0) is 14.4 Å². The maximum Gasteiger partial charge on any atom is 0.343 e. The second kappa shape index (κ2) is 10.1. The number of esters is 1. The van der Waals surface area contributed by atoms with E-state index in [2.05, 4.69) is 0 Å². The molecular weight excluding hydrogens is 496 g/mol. The number of carbonyl (C=O) groups is 3. The second-order valence-corrected chi connectivity index (χ2v) is 9.19. The predicted molar refractivity (Wildman–Crippen MR) is 143 cm³/mol. The lowest BCUT2D eigenvalue weighted by Crippen LogP contribution is -2.37. The fourth-order valence-corrected chi connectivity index (χ4v) is 5.01. The second-order valence-electron chi connectivity index (χ2n) is 9.19. The molecule has 4 aromatic rings. The van der Waals surface area contributed by atoms with E-state index in [9.17, 15) is 14.4 Å². The number of anilines is 2. The van der Waals surface area contributed by atoms with Gasteiger partial charge in [0.2, 0.25) is 5.91 Å². The molecule has 2 aliphatic heterocycles. The van der Waals surface area contributed by atoms with Crippen LogP contribution in [0.25, 0.3) is 0 Å². The number of para-hydroxylation sites is 1. The van der Waals surface area contributed by atoms with Gasteiger partial charge in [0.15, 0.2) is 6.10 Å². The van der Waals surface area contributed by atoms with Crippen LogP contribution < -0.4 is 19.4 Å². The van der Waals surface area contributed by atoms with Crippen LogP contribution in [0.4, 0.5) is 11.4 Å². The number of amides is 2. The minimum absolute atomic E-state index is 0.349. The summed E-state index contributed by atoms with van der Waals surface area (Å²) in [7, 11) is 1.55. The van der Waals surface area contributed by atoms with Crippen LogP contribution in [0.1, 0.15) is 22.0 Å². The first-order valence-corrected chi connectivity index (χ1v) is 12.5. The Bertz CT molecular complexity index is 1510. The lowest BCUT2D eigenvalue weighted by molar-refractivity contribution is -0.126. The molecule has 2 heterocycles. The third kappa shape index (κ3) is 4.41. The van der Waals surface area contributed by atoms with Crippen molar-refractivity contribution in [3.63, 3.8) is 0 Å². The lowest BCUT2D eigenvalue weighted by Gasteiger charge is -2.28. The molecule has 8 nitrogen and oxygen atoms in total. The number of hydrogen-bond acceptors (Lipinski definition) is 7. The van der Waals surface area contributed by atoms with E-state index >= 15 is 0 Å². The van der Waals surface area contributed by atoms with Crippen molar-refractivity contribution in [2.45, 2.75) is 12.1 Å². The smallest absolute Gasteiger partial charge is 0.343 e. The molecule has 2 amide bonds. The van der Waals surface area contributed by atoms with Gasteiger partial charge in [0.25, 0.3) is 5.91 Å². The normalized spacial score (nSPS) is 20.2. The topological polar surface area (TPSA) is 85.4 Å². The number of benzene rings is 4. The lowest BCUT2D eigenvalue weighted by atomic mass is 9.90. The number of methoxy groups -OCH3 is 1. The molecule has 0 bridgehead atoms. The zero-order valence-electron chi connectivity index (χ0n) is 21.0. The Morgan fingerprint density at radius 1 is 0.718 bits per heavy atom. The first kappa shape index (κ1) is 24.4. The largest absolute Gasteiger partial charge is 0.497 e. The van der Waals surface area contributed by atoms with Crippen molar-refractivity contribution in [1.29, 1.82) is 0 Å². The van der Waals surface area contributed by atoms with Crippen molar-refractivity contribution in [2.24, 2.45) is 5.92 Å². The maximum atomic E-state index is 13.8. The van der Waals surface area contributed by atoms with Gasteiger partial charge in [0.1, 0.15) is 17.4 Å². The molecule has 4 aromatic carbocycles. The molecule has 3 unspecified atom stereocenters. The van der Waals surface area contributed by atoms with E-state index in [1.54, 1.807) is 85.0 Å². The van der Waals surface area contributed by atoms with E-state index in [0.717, 1.165) is 5.56 Å². The molecule has 0 radical (unpaired) electrons. The summed E-state index contributed by atoms with van der Waals surface area (Å²) in [5, 5.41) is 1.63. The average Bonchev–Trinajstić information content (AvgIpc) is 3.50. The Labute approximate surface area is 224 Å². The van der Waals surface area contributed by atoms with Gasteiger partial charge in [-0.1, -0.05) is 48.5 Å². The highest BCUT2D eigenvalue weighted by Crippen LogP contribution is 2.47. The molecule has 194 valence electrons. The van der Waals surface area contributed by atoms with Crippen LogP contribution in [-0.4, -0.2) is 31.0 Å². The number of ether oxygens (including phenoxy) is 2. The van der Waals surface area contributed by atoms with Crippen molar-refractivity contribution in [3.05, 3.63) is 120 Å². The summed E-state index contributed by atoms with van der Waals surface area (Å²) in [6, 6.07) is 31.2. The number of carbonyl (C=O) groups excluding carboxylic acids is 3. The first-order valence-electron chi connectivity index (χ1n) is 12.5. The van der Waals surface area contributed by atoms with Gasteiger partial charge in [-0.15, -0.1) is 0 Å². The van der Waals surface area contributed by atoms with Crippen molar-refractivity contribution >= 4 is 29.2 Å². The molecule has 6 rings (SSSR count). The number of imide groups is 1. The minimum Gasteiger partial charge on any atom is -0.497 e. The summed E-state index contributed by atoms with van der Waals surface area (Å²) in [5.74, 6) is -1.04. The number of nitrogens with zero attached hydrogens (tertiary/aromatic N) is 2. The van der Waals surface area contributed by atoms with Gasteiger partial charge in [-0.3, -0.25) is 14.4 Å². The molecule has 8 heteroatoms. The van der Waals surface area contributed by atoms with Crippen LogP contribution >= 0.6 is 0 Å². The van der Waals surface area contributed by atoms with Gasteiger partial charge in [-0.2, -0.15) is 0 Å². The highest BCUT2D eigenvalue weighted by Gasteiger charge is 2.60. The minimum atomic E-state index is -0.986. The van der Waals surface area contributed by atoms with E-state index in [-0.39, 0.29) is 5.91 Å². The molecule has 2 saturated heterocycles. The molecule has 0 aromatic heterocycles. The van der Waals surface area contributed by atoms with Gasteiger partial charge in [0.05, 0.1) is 30.1 Å². The molecule has 0 aliphatic carbocycles. The number of fused-ring (bicyclic) bond motifs is 1. The Morgan fingerprint density at radius 2 is 1.33 bits per heavy atom. The Balaban J connectivity index is 1.32.